The highest BCUT2D eigenvalue weighted by Gasteiger charge is 2.35. The fourth-order valence-corrected chi connectivity index (χ4v) is 3.06. The van der Waals surface area contributed by atoms with Crippen LogP contribution >= 0.6 is 0 Å². The Labute approximate surface area is 146 Å². The van der Waals surface area contributed by atoms with Crippen LogP contribution in [0.4, 0.5) is 11.4 Å². The molecule has 2 aromatic rings. The average Bonchev–Trinajstić information content (AvgIpc) is 3.04. The molecule has 1 aliphatic heterocycles. The van der Waals surface area contributed by atoms with Gasteiger partial charge in [-0.2, -0.15) is 5.26 Å². The predicted octanol–water partition coefficient (Wildman–Crippen LogP) is 3.11. The number of hydrogen-bond acceptors (Lipinski definition) is 3. The van der Waals surface area contributed by atoms with Crippen molar-refractivity contribution in [3.8, 4) is 6.07 Å². The number of nitrogens with one attached hydrogen (secondary N) is 1. The third-order valence-corrected chi connectivity index (χ3v) is 4.44. The molecule has 0 radical (unpaired) electrons. The van der Waals surface area contributed by atoms with Crippen molar-refractivity contribution < 1.29 is 9.59 Å². The summed E-state index contributed by atoms with van der Waals surface area (Å²) in [5.41, 5.74) is 3.16. The zero-order chi connectivity index (χ0) is 17.8. The molecule has 0 aromatic heterocycles. The highest BCUT2D eigenvalue weighted by Crippen LogP contribution is 2.29. The summed E-state index contributed by atoms with van der Waals surface area (Å²) < 4.78 is 0. The lowest BCUT2D eigenvalue weighted by atomic mass is 10.1. The van der Waals surface area contributed by atoms with E-state index in [-0.39, 0.29) is 24.2 Å². The van der Waals surface area contributed by atoms with Gasteiger partial charge in [0.15, 0.2) is 0 Å². The van der Waals surface area contributed by atoms with E-state index in [2.05, 4.69) is 12.2 Å². The molecule has 1 fully saturated rings. The van der Waals surface area contributed by atoms with Gasteiger partial charge in [0, 0.05) is 24.3 Å². The summed E-state index contributed by atoms with van der Waals surface area (Å²) in [5, 5.41) is 11.6. The molecule has 126 valence electrons. The minimum atomic E-state index is -0.381. The van der Waals surface area contributed by atoms with Crippen LogP contribution in [0, 0.1) is 17.2 Å². The van der Waals surface area contributed by atoms with Gasteiger partial charge >= 0.3 is 0 Å². The lowest BCUT2D eigenvalue weighted by Crippen LogP contribution is -2.28. The first-order chi connectivity index (χ1) is 12.1. The first-order valence-corrected chi connectivity index (χ1v) is 8.31. The number of amides is 2. The molecule has 0 spiro atoms. The molecular weight excluding hydrogens is 314 g/mol. The maximum atomic E-state index is 12.5. The van der Waals surface area contributed by atoms with Crippen molar-refractivity contribution in [3.05, 3.63) is 59.7 Å². The Kier molecular flexibility index (Phi) is 4.80. The number of hydrogen-bond donors (Lipinski definition) is 1. The Hall–Kier alpha value is -3.13. The first-order valence-electron chi connectivity index (χ1n) is 8.31. The maximum Gasteiger partial charge on any atom is 0.229 e. The van der Waals surface area contributed by atoms with Gasteiger partial charge in [-0.3, -0.25) is 9.59 Å². The van der Waals surface area contributed by atoms with Crippen LogP contribution in [-0.4, -0.2) is 18.4 Å². The zero-order valence-corrected chi connectivity index (χ0v) is 14.0. The monoisotopic (exact) mass is 333 g/mol. The van der Waals surface area contributed by atoms with Crippen molar-refractivity contribution in [2.75, 3.05) is 16.8 Å². The number of rotatable bonds is 4. The number of benzene rings is 2. The Morgan fingerprint density at radius 3 is 2.64 bits per heavy atom. The fourth-order valence-electron chi connectivity index (χ4n) is 3.06. The van der Waals surface area contributed by atoms with Gasteiger partial charge in [-0.05, 0) is 42.3 Å². The number of anilines is 2. The van der Waals surface area contributed by atoms with Crippen LogP contribution in [0.2, 0.25) is 0 Å². The average molecular weight is 333 g/mol. The number of carbonyl (C=O) groups is 2. The largest absolute Gasteiger partial charge is 0.326 e. The van der Waals surface area contributed by atoms with Crippen molar-refractivity contribution in [1.29, 1.82) is 5.26 Å². The van der Waals surface area contributed by atoms with Crippen LogP contribution in [-0.2, 0) is 16.0 Å². The van der Waals surface area contributed by atoms with Crippen LogP contribution in [0.5, 0.6) is 0 Å². The highest BCUT2D eigenvalue weighted by molar-refractivity contribution is 6.03. The van der Waals surface area contributed by atoms with Gasteiger partial charge in [0.05, 0.1) is 17.6 Å². The molecule has 1 heterocycles. The van der Waals surface area contributed by atoms with Crippen molar-refractivity contribution in [1.82, 2.24) is 0 Å². The normalized spacial score (nSPS) is 16.6. The van der Waals surface area contributed by atoms with E-state index in [1.807, 2.05) is 30.3 Å². The Balaban J connectivity index is 1.71. The second-order valence-corrected chi connectivity index (χ2v) is 6.07. The van der Waals surface area contributed by atoms with E-state index in [0.717, 1.165) is 17.7 Å². The third-order valence-electron chi connectivity index (χ3n) is 4.44. The molecule has 1 N–H and O–H groups in total. The number of aryl methyl sites for hydroxylation is 1. The summed E-state index contributed by atoms with van der Waals surface area (Å²) in [6.07, 6.45) is 1.04. The number of nitrogens with zero attached hydrogens (tertiary/aromatic N) is 2. The van der Waals surface area contributed by atoms with E-state index < -0.39 is 0 Å². The van der Waals surface area contributed by atoms with Crippen molar-refractivity contribution >= 4 is 23.2 Å². The molecule has 0 saturated carbocycles. The Bertz CT molecular complexity index is 837. The summed E-state index contributed by atoms with van der Waals surface area (Å²) in [6, 6.07) is 16.5. The van der Waals surface area contributed by atoms with Crippen LogP contribution < -0.4 is 10.2 Å². The van der Waals surface area contributed by atoms with Crippen LogP contribution in [0.15, 0.2) is 48.5 Å². The van der Waals surface area contributed by atoms with Crippen LogP contribution in [0.3, 0.4) is 0 Å². The minimum Gasteiger partial charge on any atom is -0.326 e. The lowest BCUT2D eigenvalue weighted by Gasteiger charge is -2.20. The minimum absolute atomic E-state index is 0.0270. The molecule has 0 bridgehead atoms. The summed E-state index contributed by atoms with van der Waals surface area (Å²) in [4.78, 5) is 26.6. The predicted molar refractivity (Wildman–Crippen MR) is 96.1 cm³/mol. The van der Waals surface area contributed by atoms with Crippen LogP contribution in [0.1, 0.15) is 24.5 Å². The summed E-state index contributed by atoms with van der Waals surface area (Å²) in [5.74, 6) is -0.580. The van der Waals surface area contributed by atoms with Gasteiger partial charge in [-0.25, -0.2) is 0 Å². The Morgan fingerprint density at radius 2 is 1.96 bits per heavy atom. The van der Waals surface area contributed by atoms with Gasteiger partial charge in [-0.1, -0.05) is 25.1 Å². The molecule has 2 aromatic carbocycles. The quantitative estimate of drug-likeness (QED) is 0.934. The molecule has 25 heavy (non-hydrogen) atoms. The second-order valence-electron chi connectivity index (χ2n) is 6.07. The van der Waals surface area contributed by atoms with E-state index in [9.17, 15) is 9.59 Å². The summed E-state index contributed by atoms with van der Waals surface area (Å²) in [6.45, 7) is 2.44. The second kappa shape index (κ2) is 7.18. The molecule has 1 atom stereocenters. The lowest BCUT2D eigenvalue weighted by molar-refractivity contribution is -0.122. The standard InChI is InChI=1S/C20H19N3O2/c1-2-15-5-3-4-6-18(15)23-13-16(11-19(23)24)20(25)22-17-9-7-14(12-21)8-10-17/h3-10,16H,2,11,13H2,1H3,(H,22,25). The smallest absolute Gasteiger partial charge is 0.229 e. The van der Waals surface area contributed by atoms with E-state index >= 15 is 0 Å². The molecule has 2 amide bonds. The number of para-hydroxylation sites is 1. The summed E-state index contributed by atoms with van der Waals surface area (Å²) in [7, 11) is 0. The van der Waals surface area contributed by atoms with Crippen molar-refractivity contribution in [3.63, 3.8) is 0 Å². The molecule has 1 aliphatic rings. The van der Waals surface area contributed by atoms with E-state index in [4.69, 9.17) is 5.26 Å². The fraction of sp³-hybridized carbons (Fsp3) is 0.250. The van der Waals surface area contributed by atoms with Crippen LogP contribution in [0.25, 0.3) is 0 Å². The van der Waals surface area contributed by atoms with Gasteiger partial charge in [0.25, 0.3) is 0 Å². The van der Waals surface area contributed by atoms with E-state index in [0.29, 0.717) is 17.8 Å². The molecule has 5 heteroatoms. The maximum absolute atomic E-state index is 12.5. The highest BCUT2D eigenvalue weighted by atomic mass is 16.2. The molecule has 1 saturated heterocycles. The van der Waals surface area contributed by atoms with E-state index in [1.54, 1.807) is 29.2 Å². The Morgan fingerprint density at radius 1 is 1.24 bits per heavy atom. The van der Waals surface area contributed by atoms with Crippen molar-refractivity contribution in [2.45, 2.75) is 19.8 Å². The zero-order valence-electron chi connectivity index (χ0n) is 14.0. The topological polar surface area (TPSA) is 73.2 Å². The molecule has 0 aliphatic carbocycles. The molecule has 1 unspecified atom stereocenters. The number of carbonyl (C=O) groups excluding carboxylic acids is 2. The molecule has 5 nitrogen and oxygen atoms in total. The van der Waals surface area contributed by atoms with E-state index in [1.165, 1.54) is 0 Å². The van der Waals surface area contributed by atoms with Gasteiger partial charge in [-0.15, -0.1) is 0 Å². The van der Waals surface area contributed by atoms with Gasteiger partial charge in [0.2, 0.25) is 11.8 Å². The van der Waals surface area contributed by atoms with Crippen molar-refractivity contribution in [2.24, 2.45) is 5.92 Å². The van der Waals surface area contributed by atoms with Gasteiger partial charge in [0.1, 0.15) is 0 Å². The third kappa shape index (κ3) is 3.53. The SMILES string of the molecule is CCc1ccccc1N1CC(C(=O)Nc2ccc(C#N)cc2)CC1=O. The first kappa shape index (κ1) is 16.7. The summed E-state index contributed by atoms with van der Waals surface area (Å²) >= 11 is 0. The molecular formula is C20H19N3O2. The molecule has 3 rings (SSSR count). The van der Waals surface area contributed by atoms with Gasteiger partial charge < -0.3 is 10.2 Å². The number of nitriles is 1.